The summed E-state index contributed by atoms with van der Waals surface area (Å²) in [6, 6.07) is 61.0. The fourth-order valence-electron chi connectivity index (χ4n) is 16.0. The van der Waals surface area contributed by atoms with Gasteiger partial charge >= 0.3 is 0 Å². The van der Waals surface area contributed by atoms with Gasteiger partial charge in [-0.15, -0.1) is 0 Å². The maximum absolute atomic E-state index is 6.76. The molecule has 0 spiro atoms. The van der Waals surface area contributed by atoms with Gasteiger partial charge < -0.3 is 28.4 Å². The second kappa shape index (κ2) is 67.7. The van der Waals surface area contributed by atoms with Crippen molar-refractivity contribution in [3.63, 3.8) is 0 Å². The first-order valence-electron chi connectivity index (χ1n) is 47.3. The minimum Gasteiger partial charge on any atom is -0.494 e. The topological polar surface area (TPSA) is 55.4 Å². The summed E-state index contributed by atoms with van der Waals surface area (Å²) in [6.07, 6.45) is 59.0. The molecule has 0 bridgehead atoms. The normalized spacial score (nSPS) is 11.4. The van der Waals surface area contributed by atoms with Gasteiger partial charge in [0.05, 0.1) is 39.6 Å². The largest absolute Gasteiger partial charge is 0.494 e. The summed E-state index contributed by atoms with van der Waals surface area (Å²) in [7, 11) is 0. The number of rotatable bonds is 72. The molecule has 7 rings (SSSR count). The Hall–Kier alpha value is -4.66. The van der Waals surface area contributed by atoms with Gasteiger partial charge in [-0.2, -0.15) is 0 Å². The average Bonchev–Trinajstić information content (AvgIpc) is 0.753. The fourth-order valence-corrected chi connectivity index (χ4v) is 18.4. The SMILES string of the molecule is BrCCCCCCCCCCOc1cccc(C(C#Cc2ccc(C#CC(c3cccc(OCCCCCCCCCCBr)c3)(c3cccc(OCCCCCCCCCCBr)c3)c3cccc(OCCCCCCCCCCBr)c3)cc2)(c2cccc(OCCCCCCCCCCBr)c2)c2cccc(OCCCCCCCCCCBr)c2)c1. The maximum Gasteiger partial charge on any atom is 0.119 e. The zero-order valence-electron chi connectivity index (χ0n) is 73.3. The van der Waals surface area contributed by atoms with Crippen LogP contribution in [0.25, 0.3) is 0 Å². The molecule has 0 atom stereocenters. The number of ether oxygens (including phenoxy) is 6. The van der Waals surface area contributed by atoms with Gasteiger partial charge in [0, 0.05) is 43.1 Å². The molecule has 0 heterocycles. The summed E-state index contributed by atoms with van der Waals surface area (Å²) < 4.78 is 40.6. The molecule has 0 saturated heterocycles. The van der Waals surface area contributed by atoms with E-state index in [4.69, 9.17) is 28.4 Å². The third kappa shape index (κ3) is 41.6. The molecule has 0 amide bonds. The summed E-state index contributed by atoms with van der Waals surface area (Å²) in [4.78, 5) is 0. The molecule has 0 fully saturated rings. The van der Waals surface area contributed by atoms with Crippen LogP contribution in [0, 0.1) is 23.7 Å². The summed E-state index contributed by atoms with van der Waals surface area (Å²) in [5.41, 5.74) is 5.83. The molecule has 0 aromatic heterocycles. The zero-order chi connectivity index (χ0) is 84.4. The van der Waals surface area contributed by atoms with Gasteiger partial charge in [-0.25, -0.2) is 0 Å². The lowest BCUT2D eigenvalue weighted by Gasteiger charge is -2.32. The minimum atomic E-state index is -1.01. The Labute approximate surface area is 780 Å². The minimum absolute atomic E-state index is 0.654. The third-order valence-electron chi connectivity index (χ3n) is 23.1. The van der Waals surface area contributed by atoms with Crippen molar-refractivity contribution in [2.45, 2.75) is 319 Å². The number of unbranched alkanes of at least 4 members (excludes halogenated alkanes) is 42. The second-order valence-corrected chi connectivity index (χ2v) is 37.7. The highest BCUT2D eigenvalue weighted by Gasteiger charge is 2.38. The Morgan fingerprint density at radius 1 is 0.175 bits per heavy atom. The van der Waals surface area contributed by atoms with Crippen LogP contribution >= 0.6 is 95.6 Å². The van der Waals surface area contributed by atoms with Crippen molar-refractivity contribution in [2.24, 2.45) is 0 Å². The smallest absolute Gasteiger partial charge is 0.119 e. The van der Waals surface area contributed by atoms with Crippen LogP contribution in [-0.2, 0) is 10.8 Å². The zero-order valence-corrected chi connectivity index (χ0v) is 82.8. The summed E-state index contributed by atoms with van der Waals surface area (Å²) in [6.45, 7) is 3.92. The molecule has 7 aromatic rings. The molecule has 658 valence electrons. The van der Waals surface area contributed by atoms with E-state index in [1.165, 1.54) is 231 Å². The summed E-state index contributed by atoms with van der Waals surface area (Å²) in [5.74, 6) is 20.9. The van der Waals surface area contributed by atoms with E-state index in [2.05, 4.69) is 289 Å². The Morgan fingerprint density at radius 2 is 0.317 bits per heavy atom. The number of hydrogen-bond donors (Lipinski definition) is 0. The first kappa shape index (κ1) is 102. The lowest BCUT2D eigenvalue weighted by Crippen LogP contribution is -2.28. The molecule has 120 heavy (non-hydrogen) atoms. The molecule has 0 N–H and O–H groups in total. The first-order valence-corrected chi connectivity index (χ1v) is 54.0. The van der Waals surface area contributed by atoms with Crippen molar-refractivity contribution in [3.05, 3.63) is 214 Å². The van der Waals surface area contributed by atoms with Gasteiger partial charge in [0.25, 0.3) is 0 Å². The van der Waals surface area contributed by atoms with E-state index in [-0.39, 0.29) is 0 Å². The maximum atomic E-state index is 6.76. The van der Waals surface area contributed by atoms with Gasteiger partial charge in [-0.3, -0.25) is 0 Å². The van der Waals surface area contributed by atoms with Crippen LogP contribution in [-0.4, -0.2) is 71.6 Å². The molecule has 12 heteroatoms. The van der Waals surface area contributed by atoms with Crippen LogP contribution in [0.2, 0.25) is 0 Å². The van der Waals surface area contributed by atoms with Gasteiger partial charge in [0.1, 0.15) is 45.3 Å². The van der Waals surface area contributed by atoms with E-state index in [1.807, 2.05) is 0 Å². The quantitative estimate of drug-likeness (QED) is 0.0164. The Kier molecular flexibility index (Phi) is 57.7. The van der Waals surface area contributed by atoms with Crippen LogP contribution < -0.4 is 28.4 Å². The molecule has 7 aromatic carbocycles. The predicted octanol–water partition coefficient (Wildman–Crippen LogP) is 33.8. The molecule has 0 saturated carbocycles. The average molecular weight is 2020 g/mol. The Bertz CT molecular complexity index is 3280. The number of alkyl halides is 6. The van der Waals surface area contributed by atoms with E-state index in [0.29, 0.717) is 39.6 Å². The van der Waals surface area contributed by atoms with Crippen molar-refractivity contribution in [1.29, 1.82) is 0 Å². The van der Waals surface area contributed by atoms with Crippen molar-refractivity contribution >= 4 is 95.6 Å². The van der Waals surface area contributed by atoms with Crippen molar-refractivity contribution in [1.82, 2.24) is 0 Å². The molecule has 0 aliphatic heterocycles. The molecule has 0 aliphatic rings. The lowest BCUT2D eigenvalue weighted by atomic mass is 9.69. The molecule has 0 radical (unpaired) electrons. The van der Waals surface area contributed by atoms with Gasteiger partial charge in [-0.05, 0) is 207 Å². The van der Waals surface area contributed by atoms with Crippen LogP contribution in [0.4, 0.5) is 0 Å². The lowest BCUT2D eigenvalue weighted by molar-refractivity contribution is 0.302. The predicted molar refractivity (Wildman–Crippen MR) is 536 cm³/mol. The van der Waals surface area contributed by atoms with Gasteiger partial charge in [-0.1, -0.05) is 423 Å². The standard InChI is InChI=1S/C108H148Br6O6/c109-75-37-25-13-1-7-19-31-43-81-115-101-61-49-55-95(87-101)107(96-56-50-62-102(88-96)116-82-44-32-20-8-2-14-26-38-76-110,97-57-51-63-103(89-97)117-83-45-33-21-9-3-15-27-39-77-111)73-71-93-67-69-94(70-68-93)72-74-108(98-58-52-64-104(90-98)118-84-46-34-22-10-4-16-28-40-78-112,99-59-53-65-105(91-99)119-85-47-35-23-11-5-17-29-41-79-113)100-60-54-66-106(92-100)120-86-48-36-24-12-6-18-30-42-80-114/h49-70,87-92H,1-48,75-86H2. The highest BCUT2D eigenvalue weighted by molar-refractivity contribution is 9.10. The number of hydrogen-bond acceptors (Lipinski definition) is 6. The van der Waals surface area contributed by atoms with Crippen molar-refractivity contribution < 1.29 is 28.4 Å². The second-order valence-electron chi connectivity index (χ2n) is 32.9. The number of benzene rings is 7. The van der Waals surface area contributed by atoms with E-state index in [0.717, 1.165) is 188 Å². The monoisotopic (exact) mass is 2010 g/mol. The van der Waals surface area contributed by atoms with Crippen LogP contribution in [0.1, 0.15) is 353 Å². The van der Waals surface area contributed by atoms with Gasteiger partial charge in [0.15, 0.2) is 0 Å². The Balaban J connectivity index is 1.31. The van der Waals surface area contributed by atoms with Crippen LogP contribution in [0.3, 0.4) is 0 Å². The highest BCUT2D eigenvalue weighted by Crippen LogP contribution is 2.45. The summed E-state index contributed by atoms with van der Waals surface area (Å²) >= 11 is 21.6. The summed E-state index contributed by atoms with van der Waals surface area (Å²) in [5, 5.41) is 6.56. The highest BCUT2D eigenvalue weighted by atomic mass is 79.9. The van der Waals surface area contributed by atoms with Crippen LogP contribution in [0.5, 0.6) is 34.5 Å². The fraction of sp³-hybridized carbons (Fsp3) is 0.574. The van der Waals surface area contributed by atoms with E-state index >= 15 is 0 Å². The van der Waals surface area contributed by atoms with Crippen molar-refractivity contribution in [2.75, 3.05) is 71.6 Å². The molecule has 6 nitrogen and oxygen atoms in total. The van der Waals surface area contributed by atoms with E-state index in [1.54, 1.807) is 0 Å². The Morgan fingerprint density at radius 3 is 0.467 bits per heavy atom. The molecular formula is C108H148Br6O6. The van der Waals surface area contributed by atoms with Crippen molar-refractivity contribution in [3.8, 4) is 58.2 Å². The van der Waals surface area contributed by atoms with E-state index in [9.17, 15) is 0 Å². The number of halogens is 6. The third-order valence-corrected chi connectivity index (χ3v) is 26.4. The molecule has 0 unspecified atom stereocenters. The van der Waals surface area contributed by atoms with Crippen LogP contribution in [0.15, 0.2) is 170 Å². The molecular weight excluding hydrogens is 1870 g/mol. The van der Waals surface area contributed by atoms with Gasteiger partial charge in [0.2, 0.25) is 0 Å². The van der Waals surface area contributed by atoms with E-state index < -0.39 is 10.8 Å². The molecule has 0 aliphatic carbocycles. The first-order chi connectivity index (χ1) is 59.4.